The molecular weight excluding hydrogens is 316 g/mol. The lowest BCUT2D eigenvalue weighted by Crippen LogP contribution is -2.33. The van der Waals surface area contributed by atoms with E-state index in [1.165, 1.54) is 18.4 Å². The van der Waals surface area contributed by atoms with Gasteiger partial charge in [0.05, 0.1) is 7.11 Å². The van der Waals surface area contributed by atoms with Crippen molar-refractivity contribution in [2.45, 2.75) is 44.9 Å². The molecule has 2 rings (SSSR count). The van der Waals surface area contributed by atoms with Crippen molar-refractivity contribution in [3.63, 3.8) is 0 Å². The van der Waals surface area contributed by atoms with Crippen molar-refractivity contribution < 1.29 is 14.3 Å². The Morgan fingerprint density at radius 2 is 1.76 bits per heavy atom. The molecule has 1 aliphatic rings. The van der Waals surface area contributed by atoms with E-state index in [1.807, 2.05) is 24.3 Å². The molecule has 0 radical (unpaired) electrons. The van der Waals surface area contributed by atoms with Gasteiger partial charge in [-0.1, -0.05) is 29.8 Å². The number of para-hydroxylation sites is 1. The first-order valence-electron chi connectivity index (χ1n) is 9.02. The second-order valence-electron chi connectivity index (χ2n) is 6.30. The zero-order chi connectivity index (χ0) is 17.9. The molecule has 25 heavy (non-hydrogen) atoms. The summed E-state index contributed by atoms with van der Waals surface area (Å²) < 4.78 is 5.28. The van der Waals surface area contributed by atoms with E-state index >= 15 is 0 Å². The van der Waals surface area contributed by atoms with Gasteiger partial charge in [0.1, 0.15) is 12.2 Å². The van der Waals surface area contributed by atoms with Gasteiger partial charge in [-0.15, -0.1) is 0 Å². The Kier molecular flexibility index (Phi) is 8.02. The first-order valence-corrected chi connectivity index (χ1v) is 9.02. The van der Waals surface area contributed by atoms with Gasteiger partial charge in [-0.05, 0) is 50.2 Å². The highest BCUT2D eigenvalue weighted by molar-refractivity contribution is 5.96. The minimum atomic E-state index is -0.246. The topological polar surface area (TPSA) is 67.4 Å². The number of hydrogen-bond acceptors (Lipinski definition) is 3. The monoisotopic (exact) mass is 344 g/mol. The van der Waals surface area contributed by atoms with E-state index < -0.39 is 0 Å². The van der Waals surface area contributed by atoms with E-state index in [4.69, 9.17) is 4.74 Å². The smallest absolute Gasteiger partial charge is 0.229 e. The molecule has 0 saturated heterocycles. The fourth-order valence-electron chi connectivity index (χ4n) is 3.01. The molecule has 136 valence electrons. The molecule has 1 aliphatic carbocycles. The Balaban J connectivity index is 1.61. The maximum absolute atomic E-state index is 11.8. The van der Waals surface area contributed by atoms with Gasteiger partial charge in [-0.2, -0.15) is 0 Å². The number of amides is 2. The van der Waals surface area contributed by atoms with Gasteiger partial charge in [-0.25, -0.2) is 0 Å². The van der Waals surface area contributed by atoms with Crippen LogP contribution in [0, 0.1) is 0 Å². The molecule has 0 saturated carbocycles. The van der Waals surface area contributed by atoms with Gasteiger partial charge in [0.25, 0.3) is 0 Å². The fraction of sp³-hybridized carbons (Fsp3) is 0.500. The summed E-state index contributed by atoms with van der Waals surface area (Å²) in [5.74, 6) is 0.349. The van der Waals surface area contributed by atoms with Crippen LogP contribution in [0.25, 0.3) is 0 Å². The average Bonchev–Trinajstić information content (AvgIpc) is 2.63. The summed E-state index contributed by atoms with van der Waals surface area (Å²) in [5, 5.41) is 5.61. The van der Waals surface area contributed by atoms with Crippen LogP contribution < -0.4 is 15.4 Å². The molecule has 2 N–H and O–H groups in total. The van der Waals surface area contributed by atoms with E-state index in [0.29, 0.717) is 19.5 Å². The van der Waals surface area contributed by atoms with Crippen molar-refractivity contribution in [3.8, 4) is 5.75 Å². The Hall–Kier alpha value is -2.30. The van der Waals surface area contributed by atoms with Gasteiger partial charge < -0.3 is 15.4 Å². The van der Waals surface area contributed by atoms with Crippen molar-refractivity contribution in [2.24, 2.45) is 0 Å². The zero-order valence-electron chi connectivity index (χ0n) is 15.0. The maximum atomic E-state index is 11.8. The highest BCUT2D eigenvalue weighted by Gasteiger charge is 2.10. The van der Waals surface area contributed by atoms with Crippen molar-refractivity contribution in [1.29, 1.82) is 0 Å². The lowest BCUT2D eigenvalue weighted by atomic mass is 9.97. The number of allylic oxidation sites excluding steroid dienone is 1. The third kappa shape index (κ3) is 6.99. The van der Waals surface area contributed by atoms with Crippen LogP contribution in [0.3, 0.4) is 0 Å². The standard InChI is InChI=1S/C20H28N2O3/c1-25-18-10-6-5-9-17(18)12-14-22-20(24)15-19(23)21-13-11-16-7-3-2-4-8-16/h5-7,9-10H,2-4,8,11-15H2,1H3,(H,21,23)(H,22,24). The SMILES string of the molecule is COc1ccccc1CCNC(=O)CC(=O)NCCC1=CCCCC1. The Bertz CT molecular complexity index is 611. The maximum Gasteiger partial charge on any atom is 0.229 e. The van der Waals surface area contributed by atoms with Crippen LogP contribution in [0.2, 0.25) is 0 Å². The minimum Gasteiger partial charge on any atom is -0.496 e. The van der Waals surface area contributed by atoms with Crippen molar-refractivity contribution >= 4 is 11.8 Å². The van der Waals surface area contributed by atoms with Gasteiger partial charge in [-0.3, -0.25) is 9.59 Å². The Morgan fingerprint density at radius 3 is 2.44 bits per heavy atom. The second-order valence-corrected chi connectivity index (χ2v) is 6.30. The molecule has 1 aromatic carbocycles. The molecule has 5 nitrogen and oxygen atoms in total. The third-order valence-corrected chi connectivity index (χ3v) is 4.38. The van der Waals surface area contributed by atoms with Crippen LogP contribution in [0.4, 0.5) is 0 Å². The number of methoxy groups -OCH3 is 1. The molecule has 5 heteroatoms. The normalized spacial score (nSPS) is 13.7. The third-order valence-electron chi connectivity index (χ3n) is 4.38. The van der Waals surface area contributed by atoms with Crippen LogP contribution >= 0.6 is 0 Å². The van der Waals surface area contributed by atoms with Gasteiger partial charge in [0.15, 0.2) is 0 Å². The molecule has 0 heterocycles. The molecule has 0 aliphatic heterocycles. The molecule has 1 aromatic rings. The van der Waals surface area contributed by atoms with Crippen LogP contribution in [-0.4, -0.2) is 32.0 Å². The summed E-state index contributed by atoms with van der Waals surface area (Å²) >= 11 is 0. The van der Waals surface area contributed by atoms with Crippen LogP contribution in [0.15, 0.2) is 35.9 Å². The Morgan fingerprint density at radius 1 is 1.04 bits per heavy atom. The second kappa shape index (κ2) is 10.5. The summed E-state index contributed by atoms with van der Waals surface area (Å²) in [4.78, 5) is 23.7. The first-order chi connectivity index (χ1) is 12.2. The van der Waals surface area contributed by atoms with E-state index in [0.717, 1.165) is 30.6 Å². The summed E-state index contributed by atoms with van der Waals surface area (Å²) in [5.41, 5.74) is 2.46. The van der Waals surface area contributed by atoms with Crippen molar-refractivity contribution in [1.82, 2.24) is 10.6 Å². The molecule has 0 unspecified atom stereocenters. The predicted octanol–water partition coefficient (Wildman–Crippen LogP) is 2.75. The van der Waals surface area contributed by atoms with Crippen LogP contribution in [-0.2, 0) is 16.0 Å². The average molecular weight is 344 g/mol. The first kappa shape index (κ1) is 19.0. The van der Waals surface area contributed by atoms with Crippen LogP contribution in [0.5, 0.6) is 5.75 Å². The number of hydrogen-bond donors (Lipinski definition) is 2. The number of ether oxygens (including phenoxy) is 1. The highest BCUT2D eigenvalue weighted by atomic mass is 16.5. The molecule has 2 amide bonds. The van der Waals surface area contributed by atoms with E-state index in [1.54, 1.807) is 7.11 Å². The Labute approximate surface area is 149 Å². The number of nitrogens with one attached hydrogen (secondary N) is 2. The fourth-order valence-corrected chi connectivity index (χ4v) is 3.01. The van der Waals surface area contributed by atoms with Gasteiger partial charge in [0.2, 0.25) is 11.8 Å². The van der Waals surface area contributed by atoms with Crippen molar-refractivity contribution in [2.75, 3.05) is 20.2 Å². The number of carbonyl (C=O) groups is 2. The largest absolute Gasteiger partial charge is 0.496 e. The van der Waals surface area contributed by atoms with Crippen LogP contribution in [0.1, 0.15) is 44.1 Å². The lowest BCUT2D eigenvalue weighted by molar-refractivity contribution is -0.129. The molecule has 0 bridgehead atoms. The molecule has 0 spiro atoms. The van der Waals surface area contributed by atoms with E-state index in [-0.39, 0.29) is 18.2 Å². The van der Waals surface area contributed by atoms with E-state index in [9.17, 15) is 9.59 Å². The number of carbonyl (C=O) groups excluding carboxylic acids is 2. The van der Waals surface area contributed by atoms with Crippen molar-refractivity contribution in [3.05, 3.63) is 41.5 Å². The predicted molar refractivity (Wildman–Crippen MR) is 98.5 cm³/mol. The van der Waals surface area contributed by atoms with Gasteiger partial charge >= 0.3 is 0 Å². The lowest BCUT2D eigenvalue weighted by Gasteiger charge is -2.13. The molecular formula is C20H28N2O3. The molecule has 0 fully saturated rings. The van der Waals surface area contributed by atoms with Gasteiger partial charge in [0, 0.05) is 13.1 Å². The quantitative estimate of drug-likeness (QED) is 0.535. The summed E-state index contributed by atoms with van der Waals surface area (Å²) in [6.45, 7) is 1.10. The molecule has 0 aromatic heterocycles. The minimum absolute atomic E-state index is 0.120. The summed E-state index contributed by atoms with van der Waals surface area (Å²) in [7, 11) is 1.63. The summed E-state index contributed by atoms with van der Waals surface area (Å²) in [6, 6.07) is 7.72. The highest BCUT2D eigenvalue weighted by Crippen LogP contribution is 2.19. The molecule has 0 atom stereocenters. The summed E-state index contributed by atoms with van der Waals surface area (Å²) in [6.07, 6.45) is 8.52. The zero-order valence-corrected chi connectivity index (χ0v) is 15.0. The number of benzene rings is 1. The number of rotatable bonds is 9. The van der Waals surface area contributed by atoms with E-state index in [2.05, 4.69) is 16.7 Å².